The summed E-state index contributed by atoms with van der Waals surface area (Å²) in [4.78, 5) is 12.4. The minimum atomic E-state index is -0.336. The number of nitrogens with zero attached hydrogens (tertiary/aromatic N) is 3. The largest absolute Gasteiger partial charge is 0.496 e. The first-order valence-corrected chi connectivity index (χ1v) is 9.56. The van der Waals surface area contributed by atoms with Gasteiger partial charge < -0.3 is 14.9 Å². The van der Waals surface area contributed by atoms with Crippen molar-refractivity contribution in [1.29, 1.82) is 0 Å². The monoisotopic (exact) mass is 398 g/mol. The van der Waals surface area contributed by atoms with Crippen molar-refractivity contribution in [3.8, 4) is 17.1 Å². The number of aromatic nitrogens is 2. The van der Waals surface area contributed by atoms with E-state index in [9.17, 15) is 4.39 Å². The molecule has 0 bridgehead atoms. The highest BCUT2D eigenvalue weighted by Crippen LogP contribution is 2.28. The molecule has 3 rings (SSSR count). The molecule has 0 atom stereocenters. The number of hydrogen-bond acceptors (Lipinski definition) is 5. The molecule has 0 unspecified atom stereocenters. The summed E-state index contributed by atoms with van der Waals surface area (Å²) in [5.74, 6) is 1.34. The van der Waals surface area contributed by atoms with Gasteiger partial charge in [-0.05, 0) is 55.2 Å². The topological polar surface area (TPSA) is 86.5 Å². The third kappa shape index (κ3) is 5.88. The molecular weight excluding hydrogens is 371 g/mol. The molecule has 0 amide bonds. The van der Waals surface area contributed by atoms with Crippen LogP contribution >= 0.6 is 0 Å². The Labute approximate surface area is 170 Å². The summed E-state index contributed by atoms with van der Waals surface area (Å²) in [6, 6.07) is 7.19. The molecule has 0 spiro atoms. The van der Waals surface area contributed by atoms with Crippen LogP contribution in [0.5, 0.6) is 5.75 Å². The Morgan fingerprint density at radius 1 is 1.24 bits per heavy atom. The Balaban J connectivity index is 0.00000145. The van der Waals surface area contributed by atoms with Crippen molar-refractivity contribution in [2.45, 2.75) is 33.6 Å². The fourth-order valence-electron chi connectivity index (χ4n) is 2.80. The second-order valence-electron chi connectivity index (χ2n) is 6.10. The first-order chi connectivity index (χ1) is 14.1. The number of nitrogens with two attached hydrogens (primary N) is 1. The smallest absolute Gasteiger partial charge is 0.182 e. The zero-order valence-corrected chi connectivity index (χ0v) is 17.3. The Morgan fingerprint density at radius 3 is 2.72 bits per heavy atom. The number of amidine groups is 1. The highest BCUT2D eigenvalue weighted by atomic mass is 19.1. The standard InChI is InChI=1S/C20H21FN4O2.C2H6/c1-13-8-15(5-6-17(13)26-2)19-18(25-12-27-19)20(22)24-7-3-4-14-9-16(21)11-23-10-14;1-2/h5-6,8-12H,3-4,7H2,1-2H3,(H2,22,24);1-2H3. The number of hydrogen-bond donors (Lipinski definition) is 1. The first kappa shape index (κ1) is 22.1. The average Bonchev–Trinajstić information content (AvgIpc) is 3.22. The maximum Gasteiger partial charge on any atom is 0.182 e. The number of oxazole rings is 1. The van der Waals surface area contributed by atoms with Crippen molar-refractivity contribution in [1.82, 2.24) is 9.97 Å². The Kier molecular flexibility index (Phi) is 8.33. The number of halogens is 1. The minimum Gasteiger partial charge on any atom is -0.496 e. The molecule has 3 aromatic rings. The molecule has 154 valence electrons. The summed E-state index contributed by atoms with van der Waals surface area (Å²) in [5, 5.41) is 0. The quantitative estimate of drug-likeness (QED) is 0.358. The number of aryl methyl sites for hydroxylation is 2. The third-order valence-corrected chi connectivity index (χ3v) is 4.13. The van der Waals surface area contributed by atoms with Gasteiger partial charge in [0.25, 0.3) is 0 Å². The number of rotatable bonds is 7. The lowest BCUT2D eigenvalue weighted by atomic mass is 10.1. The van der Waals surface area contributed by atoms with Crippen LogP contribution in [0.25, 0.3) is 11.3 Å². The summed E-state index contributed by atoms with van der Waals surface area (Å²) in [7, 11) is 1.63. The summed E-state index contributed by atoms with van der Waals surface area (Å²) < 4.78 is 23.9. The second-order valence-corrected chi connectivity index (χ2v) is 6.10. The minimum absolute atomic E-state index is 0.310. The van der Waals surface area contributed by atoms with Gasteiger partial charge >= 0.3 is 0 Å². The van der Waals surface area contributed by atoms with Gasteiger partial charge in [0.05, 0.1) is 13.3 Å². The zero-order valence-electron chi connectivity index (χ0n) is 17.3. The van der Waals surface area contributed by atoms with Gasteiger partial charge in [0.2, 0.25) is 0 Å². The van der Waals surface area contributed by atoms with Crippen LogP contribution in [-0.4, -0.2) is 29.5 Å². The van der Waals surface area contributed by atoms with E-state index >= 15 is 0 Å². The Morgan fingerprint density at radius 2 is 2.03 bits per heavy atom. The molecule has 0 fully saturated rings. The maximum absolute atomic E-state index is 13.1. The Bertz CT molecular complexity index is 953. The van der Waals surface area contributed by atoms with Crippen molar-refractivity contribution in [3.63, 3.8) is 0 Å². The highest BCUT2D eigenvalue weighted by Gasteiger charge is 2.15. The van der Waals surface area contributed by atoms with E-state index in [1.165, 1.54) is 18.7 Å². The van der Waals surface area contributed by atoms with Gasteiger partial charge in [-0.1, -0.05) is 13.8 Å². The summed E-state index contributed by atoms with van der Waals surface area (Å²) in [5.41, 5.74) is 9.28. The van der Waals surface area contributed by atoms with Crippen LogP contribution in [0.4, 0.5) is 4.39 Å². The molecule has 0 saturated heterocycles. The van der Waals surface area contributed by atoms with Gasteiger partial charge in [-0.3, -0.25) is 9.98 Å². The number of pyridine rings is 1. The molecule has 0 saturated carbocycles. The summed E-state index contributed by atoms with van der Waals surface area (Å²) in [6.07, 6.45) is 5.58. The molecular formula is C22H27FN4O2. The van der Waals surface area contributed by atoms with Gasteiger partial charge in [-0.15, -0.1) is 0 Å². The third-order valence-electron chi connectivity index (χ3n) is 4.13. The van der Waals surface area contributed by atoms with Crippen LogP contribution in [0.3, 0.4) is 0 Å². The van der Waals surface area contributed by atoms with Crippen LogP contribution in [-0.2, 0) is 6.42 Å². The van der Waals surface area contributed by atoms with E-state index in [1.807, 2.05) is 39.0 Å². The van der Waals surface area contributed by atoms with Crippen LogP contribution in [0, 0.1) is 12.7 Å². The van der Waals surface area contributed by atoms with E-state index < -0.39 is 0 Å². The van der Waals surface area contributed by atoms with Crippen LogP contribution in [0.1, 0.15) is 37.1 Å². The number of methoxy groups -OCH3 is 1. The lowest BCUT2D eigenvalue weighted by Crippen LogP contribution is -2.15. The average molecular weight is 398 g/mol. The molecule has 0 aliphatic heterocycles. The SMILES string of the molecule is CC.COc1ccc(-c2ocnc2C(N)=NCCCc2cncc(F)c2)cc1C. The molecule has 0 radical (unpaired) electrons. The summed E-state index contributed by atoms with van der Waals surface area (Å²) >= 11 is 0. The van der Waals surface area contributed by atoms with Crippen molar-refractivity contribution < 1.29 is 13.5 Å². The normalized spacial score (nSPS) is 11.0. The molecule has 2 heterocycles. The van der Waals surface area contributed by atoms with Gasteiger partial charge in [0.1, 0.15) is 17.4 Å². The van der Waals surface area contributed by atoms with E-state index in [1.54, 1.807) is 13.3 Å². The van der Waals surface area contributed by atoms with Crippen molar-refractivity contribution in [3.05, 3.63) is 65.7 Å². The van der Waals surface area contributed by atoms with Crippen molar-refractivity contribution >= 4 is 5.84 Å². The van der Waals surface area contributed by atoms with Gasteiger partial charge in [-0.25, -0.2) is 9.37 Å². The molecule has 2 aromatic heterocycles. The molecule has 2 N–H and O–H groups in total. The molecule has 6 nitrogen and oxygen atoms in total. The summed E-state index contributed by atoms with van der Waals surface area (Å²) in [6.45, 7) is 6.45. The molecule has 0 aliphatic rings. The molecule has 0 aliphatic carbocycles. The molecule has 1 aromatic carbocycles. The second kappa shape index (κ2) is 10.9. The predicted molar refractivity (Wildman–Crippen MR) is 113 cm³/mol. The first-order valence-electron chi connectivity index (χ1n) is 9.56. The lowest BCUT2D eigenvalue weighted by molar-refractivity contribution is 0.411. The predicted octanol–water partition coefficient (Wildman–Crippen LogP) is 4.56. The van der Waals surface area contributed by atoms with E-state index in [0.29, 0.717) is 30.3 Å². The zero-order chi connectivity index (χ0) is 21.2. The van der Waals surface area contributed by atoms with Crippen LogP contribution in [0.2, 0.25) is 0 Å². The molecule has 7 heteroatoms. The van der Waals surface area contributed by atoms with E-state index in [0.717, 1.165) is 28.9 Å². The maximum atomic E-state index is 13.1. The van der Waals surface area contributed by atoms with E-state index in [2.05, 4.69) is 15.0 Å². The van der Waals surface area contributed by atoms with E-state index in [-0.39, 0.29) is 5.82 Å². The van der Waals surface area contributed by atoms with Gasteiger partial charge in [-0.2, -0.15) is 0 Å². The van der Waals surface area contributed by atoms with Gasteiger partial charge in [0, 0.05) is 18.3 Å². The lowest BCUT2D eigenvalue weighted by Gasteiger charge is -2.07. The van der Waals surface area contributed by atoms with Crippen LogP contribution < -0.4 is 10.5 Å². The fourth-order valence-corrected chi connectivity index (χ4v) is 2.80. The van der Waals surface area contributed by atoms with Gasteiger partial charge in [0.15, 0.2) is 17.8 Å². The van der Waals surface area contributed by atoms with Crippen molar-refractivity contribution in [2.75, 3.05) is 13.7 Å². The number of benzene rings is 1. The van der Waals surface area contributed by atoms with E-state index in [4.69, 9.17) is 14.9 Å². The van der Waals surface area contributed by atoms with Crippen LogP contribution in [0.15, 0.2) is 52.5 Å². The fraction of sp³-hybridized carbons (Fsp3) is 0.318. The number of aliphatic imine (C=N–C) groups is 1. The Hall–Kier alpha value is -3.22. The number of ether oxygens (including phenoxy) is 1. The molecule has 29 heavy (non-hydrogen) atoms. The van der Waals surface area contributed by atoms with Crippen molar-refractivity contribution in [2.24, 2.45) is 10.7 Å². The highest BCUT2D eigenvalue weighted by molar-refractivity contribution is 6.00.